The highest BCUT2D eigenvalue weighted by molar-refractivity contribution is 7.89. The fourth-order valence-electron chi connectivity index (χ4n) is 3.40. The second kappa shape index (κ2) is 9.90. The van der Waals surface area contributed by atoms with Gasteiger partial charge in [-0.1, -0.05) is 13.3 Å². The second-order valence-electron chi connectivity index (χ2n) is 8.00. The second-order valence-corrected chi connectivity index (χ2v) is 9.93. The van der Waals surface area contributed by atoms with E-state index in [0.717, 1.165) is 32.5 Å². The number of nitrogens with one attached hydrogen (secondary N) is 3. The predicted molar refractivity (Wildman–Crippen MR) is 108 cm³/mol. The molecule has 7 nitrogen and oxygen atoms in total. The standard InChI is InChI=1S/C18H37N5O2S/c1-5-19-18(22-17-13-23(14(2)3)12-15(17)4)20-9-10-26(24,25)21-11-16-7-6-8-16/h14-17,21H,5-13H2,1-4H3,(H2,19,20,22). The number of sulfonamides is 1. The minimum Gasteiger partial charge on any atom is -0.357 e. The Hall–Kier alpha value is -0.860. The van der Waals surface area contributed by atoms with E-state index in [0.29, 0.717) is 36.4 Å². The van der Waals surface area contributed by atoms with Crippen molar-refractivity contribution < 1.29 is 8.42 Å². The van der Waals surface area contributed by atoms with Crippen LogP contribution in [0, 0.1) is 11.8 Å². The minimum atomic E-state index is -3.24. The van der Waals surface area contributed by atoms with E-state index in [9.17, 15) is 8.42 Å². The lowest BCUT2D eigenvalue weighted by atomic mass is 9.86. The molecule has 2 aliphatic rings. The molecule has 0 aromatic heterocycles. The SMILES string of the molecule is CCNC(=NCCS(=O)(=O)NCC1CCC1)NC1CN(C(C)C)CC1C. The molecule has 1 aliphatic carbocycles. The van der Waals surface area contributed by atoms with Gasteiger partial charge in [0.1, 0.15) is 0 Å². The Balaban J connectivity index is 1.81. The van der Waals surface area contributed by atoms with Crippen LogP contribution in [0.3, 0.4) is 0 Å². The number of likely N-dealkylation sites (tertiary alicyclic amines) is 1. The Labute approximate surface area is 159 Å². The van der Waals surface area contributed by atoms with Crippen LogP contribution in [0.2, 0.25) is 0 Å². The fourth-order valence-corrected chi connectivity index (χ4v) is 4.37. The van der Waals surface area contributed by atoms with Crippen molar-refractivity contribution in [1.29, 1.82) is 0 Å². The molecule has 0 spiro atoms. The number of guanidine groups is 1. The number of rotatable bonds is 9. The molecule has 3 N–H and O–H groups in total. The van der Waals surface area contributed by atoms with Crippen LogP contribution in [0.4, 0.5) is 0 Å². The highest BCUT2D eigenvalue weighted by Gasteiger charge is 2.31. The molecule has 0 bridgehead atoms. The summed E-state index contributed by atoms with van der Waals surface area (Å²) in [5.41, 5.74) is 0. The summed E-state index contributed by atoms with van der Waals surface area (Å²) in [6, 6.07) is 0.874. The summed E-state index contributed by atoms with van der Waals surface area (Å²) in [5, 5.41) is 6.72. The summed E-state index contributed by atoms with van der Waals surface area (Å²) in [7, 11) is -3.24. The number of hydrogen-bond acceptors (Lipinski definition) is 4. The zero-order valence-corrected chi connectivity index (χ0v) is 17.6. The average Bonchev–Trinajstić information content (AvgIpc) is 2.87. The van der Waals surface area contributed by atoms with E-state index in [1.54, 1.807) is 0 Å². The van der Waals surface area contributed by atoms with Gasteiger partial charge in [0.15, 0.2) is 5.96 Å². The molecular weight excluding hydrogens is 350 g/mol. The molecule has 8 heteroatoms. The molecule has 0 radical (unpaired) electrons. The zero-order valence-electron chi connectivity index (χ0n) is 16.8. The number of nitrogens with zero attached hydrogens (tertiary/aromatic N) is 2. The Kier molecular flexibility index (Phi) is 8.16. The van der Waals surface area contributed by atoms with Gasteiger partial charge in [0, 0.05) is 38.3 Å². The van der Waals surface area contributed by atoms with Gasteiger partial charge in [-0.3, -0.25) is 9.89 Å². The number of hydrogen-bond donors (Lipinski definition) is 3. The van der Waals surface area contributed by atoms with Crippen molar-refractivity contribution in [2.24, 2.45) is 16.8 Å². The lowest BCUT2D eigenvalue weighted by Crippen LogP contribution is -2.47. The van der Waals surface area contributed by atoms with E-state index in [-0.39, 0.29) is 12.3 Å². The van der Waals surface area contributed by atoms with Crippen molar-refractivity contribution in [2.45, 2.75) is 59.0 Å². The van der Waals surface area contributed by atoms with Crippen LogP contribution in [-0.2, 0) is 10.0 Å². The molecule has 152 valence electrons. The van der Waals surface area contributed by atoms with E-state index >= 15 is 0 Å². The molecular formula is C18H37N5O2S. The first-order valence-electron chi connectivity index (χ1n) is 10.1. The van der Waals surface area contributed by atoms with Crippen LogP contribution in [0.15, 0.2) is 4.99 Å². The third-order valence-electron chi connectivity index (χ3n) is 5.48. The third-order valence-corrected chi connectivity index (χ3v) is 6.81. The van der Waals surface area contributed by atoms with Crippen molar-refractivity contribution >= 4 is 16.0 Å². The van der Waals surface area contributed by atoms with Gasteiger partial charge in [0.05, 0.1) is 12.3 Å². The lowest BCUT2D eigenvalue weighted by Gasteiger charge is -2.25. The summed E-state index contributed by atoms with van der Waals surface area (Å²) in [6.07, 6.45) is 3.51. The largest absolute Gasteiger partial charge is 0.357 e. The van der Waals surface area contributed by atoms with Crippen LogP contribution in [0.25, 0.3) is 0 Å². The predicted octanol–water partition coefficient (Wildman–Crippen LogP) is 0.990. The Bertz CT molecular complexity index is 560. The maximum Gasteiger partial charge on any atom is 0.213 e. The van der Waals surface area contributed by atoms with Gasteiger partial charge in [0.25, 0.3) is 0 Å². The maximum absolute atomic E-state index is 12.1. The Morgan fingerprint density at radius 2 is 2.00 bits per heavy atom. The van der Waals surface area contributed by atoms with E-state index < -0.39 is 10.0 Å². The molecule has 1 saturated carbocycles. The quantitative estimate of drug-likeness (QED) is 0.406. The molecule has 2 rings (SSSR count). The van der Waals surface area contributed by atoms with Crippen molar-refractivity contribution in [1.82, 2.24) is 20.3 Å². The van der Waals surface area contributed by atoms with Crippen LogP contribution in [-0.4, -0.2) is 69.8 Å². The zero-order chi connectivity index (χ0) is 19.2. The fraction of sp³-hybridized carbons (Fsp3) is 0.944. The van der Waals surface area contributed by atoms with Crippen molar-refractivity contribution in [3.8, 4) is 0 Å². The summed E-state index contributed by atoms with van der Waals surface area (Å²) >= 11 is 0. The van der Waals surface area contributed by atoms with Crippen LogP contribution >= 0.6 is 0 Å². The van der Waals surface area contributed by atoms with Gasteiger partial charge in [-0.2, -0.15) is 0 Å². The Morgan fingerprint density at radius 1 is 1.27 bits per heavy atom. The molecule has 26 heavy (non-hydrogen) atoms. The normalized spacial score (nSPS) is 25.5. The minimum absolute atomic E-state index is 0.0363. The van der Waals surface area contributed by atoms with Gasteiger partial charge < -0.3 is 10.6 Å². The lowest BCUT2D eigenvalue weighted by molar-refractivity contribution is 0.265. The molecule has 2 unspecified atom stereocenters. The van der Waals surface area contributed by atoms with E-state index in [4.69, 9.17) is 0 Å². The molecule has 0 aromatic rings. The van der Waals surface area contributed by atoms with Crippen LogP contribution in [0.1, 0.15) is 47.0 Å². The van der Waals surface area contributed by atoms with Gasteiger partial charge in [-0.15, -0.1) is 0 Å². The van der Waals surface area contributed by atoms with Crippen LogP contribution < -0.4 is 15.4 Å². The van der Waals surface area contributed by atoms with E-state index in [1.165, 1.54) is 6.42 Å². The van der Waals surface area contributed by atoms with Gasteiger partial charge in [-0.05, 0) is 45.4 Å². The van der Waals surface area contributed by atoms with Gasteiger partial charge in [0.2, 0.25) is 10.0 Å². The van der Waals surface area contributed by atoms with Crippen LogP contribution in [0.5, 0.6) is 0 Å². The van der Waals surface area contributed by atoms with Crippen molar-refractivity contribution in [3.05, 3.63) is 0 Å². The first kappa shape index (κ1) is 21.4. The summed E-state index contributed by atoms with van der Waals surface area (Å²) in [6.45, 7) is 12.4. The molecule has 1 saturated heterocycles. The Morgan fingerprint density at radius 3 is 2.54 bits per heavy atom. The summed E-state index contributed by atoms with van der Waals surface area (Å²) in [4.78, 5) is 6.94. The number of aliphatic imine (C=N–C) groups is 1. The molecule has 0 amide bonds. The topological polar surface area (TPSA) is 85.8 Å². The maximum atomic E-state index is 12.1. The third kappa shape index (κ3) is 6.70. The van der Waals surface area contributed by atoms with Crippen molar-refractivity contribution in [2.75, 3.05) is 38.5 Å². The molecule has 1 aliphatic heterocycles. The first-order chi connectivity index (χ1) is 12.3. The van der Waals surface area contributed by atoms with Crippen molar-refractivity contribution in [3.63, 3.8) is 0 Å². The van der Waals surface area contributed by atoms with E-state index in [1.807, 2.05) is 6.92 Å². The molecule has 0 aromatic carbocycles. The van der Waals surface area contributed by atoms with Gasteiger partial charge in [-0.25, -0.2) is 13.1 Å². The average molecular weight is 388 g/mol. The van der Waals surface area contributed by atoms with Gasteiger partial charge >= 0.3 is 0 Å². The smallest absolute Gasteiger partial charge is 0.213 e. The molecule has 2 atom stereocenters. The first-order valence-corrected chi connectivity index (χ1v) is 11.7. The molecule has 2 fully saturated rings. The highest BCUT2D eigenvalue weighted by Crippen LogP contribution is 2.25. The highest BCUT2D eigenvalue weighted by atomic mass is 32.2. The summed E-state index contributed by atoms with van der Waals surface area (Å²) in [5.74, 6) is 1.81. The van der Waals surface area contributed by atoms with E-state index in [2.05, 4.69) is 46.0 Å². The monoisotopic (exact) mass is 387 g/mol. The molecule has 1 heterocycles. The summed E-state index contributed by atoms with van der Waals surface area (Å²) < 4.78 is 26.9.